The van der Waals surface area contributed by atoms with Crippen molar-refractivity contribution in [2.45, 2.75) is 46.8 Å². The van der Waals surface area contributed by atoms with Gasteiger partial charge in [-0.1, -0.05) is 32.0 Å². The van der Waals surface area contributed by atoms with E-state index < -0.39 is 11.7 Å². The molecule has 2 amide bonds. The van der Waals surface area contributed by atoms with E-state index in [-0.39, 0.29) is 12.5 Å². The van der Waals surface area contributed by atoms with Crippen LogP contribution in [0.3, 0.4) is 0 Å². The number of para-hydroxylation sites is 1. The van der Waals surface area contributed by atoms with E-state index >= 15 is 0 Å². The molecule has 0 aliphatic rings. The maximum atomic E-state index is 12.1. The third kappa shape index (κ3) is 8.42. The van der Waals surface area contributed by atoms with Crippen molar-refractivity contribution in [2.24, 2.45) is 5.92 Å². The number of likely N-dealkylation sites (N-methyl/N-ethyl adjacent to an activating group) is 1. The zero-order chi connectivity index (χ0) is 19.0. The Bertz CT molecular complexity index is 579. The quantitative estimate of drug-likeness (QED) is 0.820. The average molecular weight is 350 g/mol. The predicted octanol–water partition coefficient (Wildman–Crippen LogP) is 3.20. The smallest absolute Gasteiger partial charge is 0.410 e. The van der Waals surface area contributed by atoms with Gasteiger partial charge in [-0.3, -0.25) is 4.79 Å². The van der Waals surface area contributed by atoms with E-state index in [0.717, 1.165) is 11.3 Å². The molecule has 0 saturated carbocycles. The number of benzene rings is 1. The number of carbonyl (C=O) groups excluding carboxylic acids is 2. The lowest BCUT2D eigenvalue weighted by atomic mass is 10.2. The Morgan fingerprint density at radius 1 is 1.20 bits per heavy atom. The van der Waals surface area contributed by atoms with Crippen LogP contribution in [0.5, 0.6) is 5.75 Å². The molecule has 1 aromatic rings. The highest BCUT2D eigenvalue weighted by atomic mass is 16.6. The number of carbonyl (C=O) groups is 2. The van der Waals surface area contributed by atoms with E-state index in [1.54, 1.807) is 20.8 Å². The van der Waals surface area contributed by atoms with Crippen LogP contribution in [0.1, 0.15) is 40.2 Å². The van der Waals surface area contributed by atoms with Crippen molar-refractivity contribution in [1.82, 2.24) is 10.2 Å². The van der Waals surface area contributed by atoms with Crippen LogP contribution in [-0.4, -0.2) is 42.7 Å². The molecule has 0 aliphatic heterocycles. The van der Waals surface area contributed by atoms with Crippen molar-refractivity contribution in [3.8, 4) is 5.75 Å². The van der Waals surface area contributed by atoms with E-state index in [9.17, 15) is 9.59 Å². The van der Waals surface area contributed by atoms with Gasteiger partial charge in [0.25, 0.3) is 0 Å². The van der Waals surface area contributed by atoms with Gasteiger partial charge in [-0.2, -0.15) is 0 Å². The number of amides is 2. The van der Waals surface area contributed by atoms with Gasteiger partial charge in [0, 0.05) is 19.2 Å². The van der Waals surface area contributed by atoms with Crippen LogP contribution < -0.4 is 10.1 Å². The monoisotopic (exact) mass is 350 g/mol. The van der Waals surface area contributed by atoms with Gasteiger partial charge in [0.2, 0.25) is 5.91 Å². The molecule has 6 nitrogen and oxygen atoms in total. The lowest BCUT2D eigenvalue weighted by Gasteiger charge is -2.24. The Balaban J connectivity index is 2.52. The molecule has 0 bridgehead atoms. The third-order valence-corrected chi connectivity index (χ3v) is 3.11. The zero-order valence-electron chi connectivity index (χ0n) is 16.1. The molecule has 1 N–H and O–H groups in total. The van der Waals surface area contributed by atoms with E-state index in [0.29, 0.717) is 19.1 Å². The van der Waals surface area contributed by atoms with E-state index in [2.05, 4.69) is 19.2 Å². The molecule has 0 spiro atoms. The van der Waals surface area contributed by atoms with Gasteiger partial charge >= 0.3 is 6.09 Å². The largest absolute Gasteiger partial charge is 0.493 e. The first-order valence-electron chi connectivity index (χ1n) is 8.50. The fraction of sp³-hybridized carbons (Fsp3) is 0.579. The molecule has 6 heteroatoms. The summed E-state index contributed by atoms with van der Waals surface area (Å²) >= 11 is 0. The zero-order valence-corrected chi connectivity index (χ0v) is 16.1. The maximum absolute atomic E-state index is 12.1. The van der Waals surface area contributed by atoms with Crippen molar-refractivity contribution >= 4 is 12.0 Å². The normalized spacial score (nSPS) is 11.2. The van der Waals surface area contributed by atoms with Gasteiger partial charge < -0.3 is 19.7 Å². The molecule has 140 valence electrons. The van der Waals surface area contributed by atoms with Crippen LogP contribution in [0.4, 0.5) is 4.79 Å². The molecular weight excluding hydrogens is 320 g/mol. The summed E-state index contributed by atoms with van der Waals surface area (Å²) in [5.41, 5.74) is 0.311. The van der Waals surface area contributed by atoms with Crippen LogP contribution in [0, 0.1) is 5.92 Å². The molecule has 0 heterocycles. The third-order valence-electron chi connectivity index (χ3n) is 3.11. The Labute approximate surface area is 150 Å². The molecule has 0 atom stereocenters. The Morgan fingerprint density at radius 2 is 1.84 bits per heavy atom. The highest BCUT2D eigenvalue weighted by Gasteiger charge is 2.21. The van der Waals surface area contributed by atoms with Gasteiger partial charge in [-0.15, -0.1) is 0 Å². The molecule has 0 aliphatic carbocycles. The Hall–Kier alpha value is -2.24. The van der Waals surface area contributed by atoms with Crippen molar-refractivity contribution in [3.63, 3.8) is 0 Å². The molecule has 0 aromatic heterocycles. The lowest BCUT2D eigenvalue weighted by molar-refractivity contribution is -0.122. The van der Waals surface area contributed by atoms with E-state index in [1.807, 2.05) is 24.3 Å². The second-order valence-electron chi connectivity index (χ2n) is 7.43. The molecule has 1 rings (SSSR count). The van der Waals surface area contributed by atoms with Crippen molar-refractivity contribution in [2.75, 3.05) is 20.2 Å². The Morgan fingerprint density at radius 3 is 2.44 bits per heavy atom. The molecular formula is C19H30N2O4. The summed E-state index contributed by atoms with van der Waals surface area (Å²) in [5.74, 6) is 0.925. The van der Waals surface area contributed by atoms with E-state index in [4.69, 9.17) is 9.47 Å². The molecule has 0 radical (unpaired) electrons. The van der Waals surface area contributed by atoms with Gasteiger partial charge in [0.1, 0.15) is 17.9 Å². The van der Waals surface area contributed by atoms with Crippen LogP contribution in [0.25, 0.3) is 0 Å². The van der Waals surface area contributed by atoms with Crippen molar-refractivity contribution in [1.29, 1.82) is 0 Å². The summed E-state index contributed by atoms with van der Waals surface area (Å²) < 4.78 is 11.0. The second-order valence-corrected chi connectivity index (χ2v) is 7.43. The lowest BCUT2D eigenvalue weighted by Crippen LogP contribution is -2.40. The number of ether oxygens (including phenoxy) is 2. The minimum atomic E-state index is -0.589. The van der Waals surface area contributed by atoms with Gasteiger partial charge in [-0.25, -0.2) is 4.79 Å². The number of nitrogens with zero attached hydrogens (tertiary/aromatic N) is 1. The first-order valence-corrected chi connectivity index (χ1v) is 8.50. The van der Waals surface area contributed by atoms with Gasteiger partial charge in [-0.05, 0) is 32.8 Å². The molecule has 25 heavy (non-hydrogen) atoms. The number of hydrogen-bond acceptors (Lipinski definition) is 4. The second kappa shape index (κ2) is 9.30. The average Bonchev–Trinajstić information content (AvgIpc) is 2.49. The van der Waals surface area contributed by atoms with Crippen LogP contribution in [-0.2, 0) is 16.1 Å². The fourth-order valence-electron chi connectivity index (χ4n) is 1.92. The van der Waals surface area contributed by atoms with Crippen molar-refractivity contribution in [3.05, 3.63) is 29.8 Å². The highest BCUT2D eigenvalue weighted by Crippen LogP contribution is 2.18. The standard InChI is InChI=1S/C19H30N2O4/c1-14(2)13-24-16-10-8-7-9-15(16)11-20-17(22)12-21(6)18(23)25-19(3,4)5/h7-10,14H,11-13H2,1-6H3,(H,20,22). The molecule has 0 fully saturated rings. The fourth-order valence-corrected chi connectivity index (χ4v) is 1.92. The Kier molecular flexibility index (Phi) is 7.74. The SMILES string of the molecule is CC(C)COc1ccccc1CNC(=O)CN(C)C(=O)OC(C)(C)C. The minimum absolute atomic E-state index is 0.0655. The highest BCUT2D eigenvalue weighted by molar-refractivity contribution is 5.82. The summed E-state index contributed by atoms with van der Waals surface area (Å²) in [7, 11) is 1.54. The summed E-state index contributed by atoms with van der Waals surface area (Å²) in [4.78, 5) is 25.2. The van der Waals surface area contributed by atoms with Gasteiger partial charge in [0.05, 0.1) is 6.61 Å². The number of nitrogens with one attached hydrogen (secondary N) is 1. The van der Waals surface area contributed by atoms with Gasteiger partial charge in [0.15, 0.2) is 0 Å². The summed E-state index contributed by atoms with van der Waals surface area (Å²) in [5, 5.41) is 2.81. The summed E-state index contributed by atoms with van der Waals surface area (Å²) in [6, 6.07) is 7.60. The maximum Gasteiger partial charge on any atom is 0.410 e. The summed E-state index contributed by atoms with van der Waals surface area (Å²) in [6.45, 7) is 10.4. The summed E-state index contributed by atoms with van der Waals surface area (Å²) in [6.07, 6.45) is -0.525. The minimum Gasteiger partial charge on any atom is -0.493 e. The van der Waals surface area contributed by atoms with E-state index in [1.165, 1.54) is 11.9 Å². The molecule has 0 saturated heterocycles. The number of rotatable bonds is 7. The van der Waals surface area contributed by atoms with Crippen LogP contribution in [0.2, 0.25) is 0 Å². The molecule has 0 unspecified atom stereocenters. The first kappa shape index (κ1) is 20.8. The van der Waals surface area contributed by atoms with Crippen LogP contribution in [0.15, 0.2) is 24.3 Å². The predicted molar refractivity (Wildman–Crippen MR) is 97.5 cm³/mol. The topological polar surface area (TPSA) is 67.9 Å². The van der Waals surface area contributed by atoms with Crippen molar-refractivity contribution < 1.29 is 19.1 Å². The first-order chi connectivity index (χ1) is 11.6. The molecule has 1 aromatic carbocycles. The van der Waals surface area contributed by atoms with Crippen LogP contribution >= 0.6 is 0 Å². The number of hydrogen-bond donors (Lipinski definition) is 1.